The SMILES string of the molecule is CCOC(=O)c1cnc(N2CCc3ccccc32)nc1OCc1ccc(OCC)cc1. The van der Waals surface area contributed by atoms with Gasteiger partial charge in [-0.05, 0) is 49.6 Å². The Kier molecular flexibility index (Phi) is 6.31. The van der Waals surface area contributed by atoms with Crippen LogP contribution in [0.15, 0.2) is 54.7 Å². The summed E-state index contributed by atoms with van der Waals surface area (Å²) in [6.07, 6.45) is 2.40. The number of benzene rings is 2. The van der Waals surface area contributed by atoms with Crippen molar-refractivity contribution in [2.24, 2.45) is 0 Å². The number of para-hydroxylation sites is 1. The van der Waals surface area contributed by atoms with Gasteiger partial charge >= 0.3 is 5.97 Å². The van der Waals surface area contributed by atoms with Gasteiger partial charge in [0.05, 0.1) is 19.4 Å². The molecule has 1 aromatic heterocycles. The molecule has 0 aliphatic carbocycles. The van der Waals surface area contributed by atoms with Gasteiger partial charge in [-0.3, -0.25) is 0 Å². The zero-order valence-electron chi connectivity index (χ0n) is 17.7. The fourth-order valence-electron chi connectivity index (χ4n) is 3.49. The molecule has 1 aliphatic rings. The third kappa shape index (κ3) is 4.60. The molecule has 3 aromatic rings. The third-order valence-electron chi connectivity index (χ3n) is 4.97. The maximum Gasteiger partial charge on any atom is 0.345 e. The van der Waals surface area contributed by atoms with Crippen LogP contribution in [0.25, 0.3) is 0 Å². The number of carbonyl (C=O) groups is 1. The van der Waals surface area contributed by atoms with Crippen LogP contribution in [-0.2, 0) is 17.8 Å². The van der Waals surface area contributed by atoms with Gasteiger partial charge in [0.15, 0.2) is 0 Å². The van der Waals surface area contributed by atoms with Crippen molar-refractivity contribution in [3.05, 3.63) is 71.4 Å². The van der Waals surface area contributed by atoms with Crippen molar-refractivity contribution < 1.29 is 19.0 Å². The number of esters is 1. The Morgan fingerprint density at radius 2 is 1.84 bits per heavy atom. The highest BCUT2D eigenvalue weighted by molar-refractivity contribution is 5.91. The monoisotopic (exact) mass is 419 g/mol. The van der Waals surface area contributed by atoms with Crippen LogP contribution < -0.4 is 14.4 Å². The van der Waals surface area contributed by atoms with Crippen LogP contribution in [0.3, 0.4) is 0 Å². The first kappa shape index (κ1) is 20.7. The van der Waals surface area contributed by atoms with E-state index < -0.39 is 5.97 Å². The molecule has 7 heteroatoms. The number of aromatic nitrogens is 2. The van der Waals surface area contributed by atoms with E-state index in [0.29, 0.717) is 12.6 Å². The van der Waals surface area contributed by atoms with Crippen molar-refractivity contribution >= 4 is 17.6 Å². The summed E-state index contributed by atoms with van der Waals surface area (Å²) in [5.74, 6) is 1.01. The summed E-state index contributed by atoms with van der Waals surface area (Å²) in [5, 5.41) is 0. The van der Waals surface area contributed by atoms with Crippen LogP contribution in [0.5, 0.6) is 11.6 Å². The van der Waals surface area contributed by atoms with Crippen molar-refractivity contribution in [2.45, 2.75) is 26.9 Å². The van der Waals surface area contributed by atoms with Gasteiger partial charge in [-0.2, -0.15) is 4.98 Å². The fourth-order valence-corrected chi connectivity index (χ4v) is 3.49. The standard InChI is InChI=1S/C24H25N3O4/c1-3-29-19-11-9-17(10-12-19)16-31-22-20(23(28)30-4-2)15-25-24(26-22)27-14-13-18-7-5-6-8-21(18)27/h5-12,15H,3-4,13-14,16H2,1-2H3. The summed E-state index contributed by atoms with van der Waals surface area (Å²) in [4.78, 5) is 23.5. The molecular weight excluding hydrogens is 394 g/mol. The molecule has 0 saturated carbocycles. The smallest absolute Gasteiger partial charge is 0.345 e. The number of anilines is 2. The van der Waals surface area contributed by atoms with Crippen LogP contribution in [-0.4, -0.2) is 35.7 Å². The Hall–Kier alpha value is -3.61. The van der Waals surface area contributed by atoms with Gasteiger partial charge in [0.25, 0.3) is 0 Å². The van der Waals surface area contributed by atoms with Gasteiger partial charge in [-0.15, -0.1) is 0 Å². The topological polar surface area (TPSA) is 73.8 Å². The maximum atomic E-state index is 12.4. The lowest BCUT2D eigenvalue weighted by atomic mass is 10.2. The van der Waals surface area contributed by atoms with Crippen molar-refractivity contribution in [1.82, 2.24) is 9.97 Å². The highest BCUT2D eigenvalue weighted by Crippen LogP contribution is 2.33. The molecule has 31 heavy (non-hydrogen) atoms. The third-order valence-corrected chi connectivity index (χ3v) is 4.97. The second-order valence-electron chi connectivity index (χ2n) is 7.01. The molecule has 0 N–H and O–H groups in total. The number of fused-ring (bicyclic) bond motifs is 1. The van der Waals surface area contributed by atoms with E-state index in [2.05, 4.69) is 16.0 Å². The van der Waals surface area contributed by atoms with E-state index in [4.69, 9.17) is 14.2 Å². The molecule has 160 valence electrons. The van der Waals surface area contributed by atoms with Gasteiger partial charge in [0, 0.05) is 12.2 Å². The van der Waals surface area contributed by atoms with E-state index in [-0.39, 0.29) is 24.7 Å². The van der Waals surface area contributed by atoms with Crippen LogP contribution in [0.2, 0.25) is 0 Å². The van der Waals surface area contributed by atoms with Crippen molar-refractivity contribution in [1.29, 1.82) is 0 Å². The number of carbonyl (C=O) groups excluding carboxylic acids is 1. The lowest BCUT2D eigenvalue weighted by Gasteiger charge is -2.19. The Balaban J connectivity index is 1.59. The highest BCUT2D eigenvalue weighted by atomic mass is 16.5. The van der Waals surface area contributed by atoms with Gasteiger partial charge < -0.3 is 19.1 Å². The molecule has 0 bridgehead atoms. The van der Waals surface area contributed by atoms with E-state index in [1.54, 1.807) is 6.92 Å². The minimum Gasteiger partial charge on any atom is -0.494 e. The molecule has 0 unspecified atom stereocenters. The molecule has 2 aromatic carbocycles. The second kappa shape index (κ2) is 9.47. The average Bonchev–Trinajstić information content (AvgIpc) is 3.23. The second-order valence-corrected chi connectivity index (χ2v) is 7.01. The number of hydrogen-bond acceptors (Lipinski definition) is 7. The Bertz CT molecular complexity index is 1050. The highest BCUT2D eigenvalue weighted by Gasteiger charge is 2.25. The van der Waals surface area contributed by atoms with Crippen molar-refractivity contribution in [2.75, 3.05) is 24.7 Å². The predicted octanol–water partition coefficient (Wildman–Crippen LogP) is 4.33. The maximum absolute atomic E-state index is 12.4. The fraction of sp³-hybridized carbons (Fsp3) is 0.292. The van der Waals surface area contributed by atoms with Gasteiger partial charge in [-0.1, -0.05) is 30.3 Å². The summed E-state index contributed by atoms with van der Waals surface area (Å²) in [5.41, 5.74) is 3.47. The molecule has 0 atom stereocenters. The molecule has 0 fully saturated rings. The summed E-state index contributed by atoms with van der Waals surface area (Å²) >= 11 is 0. The van der Waals surface area contributed by atoms with E-state index >= 15 is 0 Å². The minimum atomic E-state index is -0.502. The molecule has 0 radical (unpaired) electrons. The van der Waals surface area contributed by atoms with Gasteiger partial charge in [0.1, 0.15) is 17.9 Å². The van der Waals surface area contributed by atoms with Crippen LogP contribution in [0.1, 0.15) is 35.3 Å². The van der Waals surface area contributed by atoms with Crippen molar-refractivity contribution in [3.8, 4) is 11.6 Å². The first-order valence-electron chi connectivity index (χ1n) is 10.4. The molecular formula is C24H25N3O4. The molecule has 1 aliphatic heterocycles. The Labute approximate surface area is 181 Å². The number of rotatable bonds is 8. The molecule has 0 spiro atoms. The normalized spacial score (nSPS) is 12.4. The minimum absolute atomic E-state index is 0.210. The first-order chi connectivity index (χ1) is 15.2. The zero-order valence-corrected chi connectivity index (χ0v) is 17.7. The summed E-state index contributed by atoms with van der Waals surface area (Å²) < 4.78 is 16.6. The van der Waals surface area contributed by atoms with Crippen LogP contribution in [0, 0.1) is 0 Å². The predicted molar refractivity (Wildman–Crippen MR) is 117 cm³/mol. The molecule has 7 nitrogen and oxygen atoms in total. The molecule has 0 saturated heterocycles. The molecule has 0 amide bonds. The van der Waals surface area contributed by atoms with E-state index in [0.717, 1.165) is 30.0 Å². The lowest BCUT2D eigenvalue weighted by Crippen LogP contribution is -2.18. The largest absolute Gasteiger partial charge is 0.494 e. The summed E-state index contributed by atoms with van der Waals surface area (Å²) in [6, 6.07) is 15.8. The van der Waals surface area contributed by atoms with Crippen LogP contribution in [0.4, 0.5) is 11.6 Å². The number of ether oxygens (including phenoxy) is 3. The Morgan fingerprint density at radius 1 is 1.03 bits per heavy atom. The van der Waals surface area contributed by atoms with E-state index in [1.165, 1.54) is 11.8 Å². The van der Waals surface area contributed by atoms with E-state index in [9.17, 15) is 4.79 Å². The average molecular weight is 419 g/mol. The molecule has 4 rings (SSSR count). The first-order valence-corrected chi connectivity index (χ1v) is 10.4. The summed E-state index contributed by atoms with van der Waals surface area (Å²) in [7, 11) is 0. The van der Waals surface area contributed by atoms with Crippen LogP contribution >= 0.6 is 0 Å². The van der Waals surface area contributed by atoms with Gasteiger partial charge in [-0.25, -0.2) is 9.78 Å². The van der Waals surface area contributed by atoms with Crippen molar-refractivity contribution in [3.63, 3.8) is 0 Å². The lowest BCUT2D eigenvalue weighted by molar-refractivity contribution is 0.0519. The number of hydrogen-bond donors (Lipinski definition) is 0. The Morgan fingerprint density at radius 3 is 2.61 bits per heavy atom. The quantitative estimate of drug-likeness (QED) is 0.503. The van der Waals surface area contributed by atoms with E-state index in [1.807, 2.05) is 54.3 Å². The molecule has 2 heterocycles. The van der Waals surface area contributed by atoms with Gasteiger partial charge in [0.2, 0.25) is 11.8 Å². The summed E-state index contributed by atoms with van der Waals surface area (Å²) in [6.45, 7) is 5.61. The number of nitrogens with zero attached hydrogens (tertiary/aromatic N) is 3. The zero-order chi connectivity index (χ0) is 21.6.